The van der Waals surface area contributed by atoms with E-state index in [2.05, 4.69) is 9.71 Å². The molecule has 0 bridgehead atoms. The number of nitrogens with zero attached hydrogens (tertiary/aromatic N) is 1. The third kappa shape index (κ3) is 4.16. The van der Waals surface area contributed by atoms with Crippen molar-refractivity contribution < 1.29 is 13.5 Å². The van der Waals surface area contributed by atoms with Crippen LogP contribution in [0.25, 0.3) is 0 Å². The third-order valence-corrected chi connectivity index (χ3v) is 7.06. The zero-order valence-corrected chi connectivity index (χ0v) is 17.2. The lowest BCUT2D eigenvalue weighted by molar-refractivity contribution is 0.215. The van der Waals surface area contributed by atoms with Gasteiger partial charge in [0.2, 0.25) is 0 Å². The number of nitrogens with one attached hydrogen (secondary N) is 1. The highest BCUT2D eigenvalue weighted by atomic mass is 35.5. The first-order chi connectivity index (χ1) is 12.8. The van der Waals surface area contributed by atoms with Crippen molar-refractivity contribution in [2.75, 3.05) is 4.72 Å². The molecule has 1 atom stereocenters. The second-order valence-corrected chi connectivity index (χ2v) is 8.92. The number of rotatable bonds is 6. The van der Waals surface area contributed by atoms with Crippen LogP contribution >= 0.6 is 22.9 Å². The number of hydrogen-bond acceptors (Lipinski definition) is 5. The molecule has 0 spiro atoms. The predicted molar refractivity (Wildman–Crippen MR) is 109 cm³/mol. The summed E-state index contributed by atoms with van der Waals surface area (Å²) in [5.41, 5.74) is 2.67. The van der Waals surface area contributed by atoms with Crippen molar-refractivity contribution >= 4 is 38.1 Å². The van der Waals surface area contributed by atoms with Crippen molar-refractivity contribution in [1.29, 1.82) is 0 Å². The summed E-state index contributed by atoms with van der Waals surface area (Å²) in [4.78, 5) is 4.37. The summed E-state index contributed by atoms with van der Waals surface area (Å²) in [5.74, 6) is 0. The molecule has 3 aromatic rings. The Balaban J connectivity index is 1.87. The van der Waals surface area contributed by atoms with Crippen LogP contribution in [0.4, 0.5) is 5.13 Å². The number of benzene rings is 2. The summed E-state index contributed by atoms with van der Waals surface area (Å²) in [6.07, 6.45) is -0.131. The first kappa shape index (κ1) is 19.8. The van der Waals surface area contributed by atoms with Gasteiger partial charge in [0.15, 0.2) is 5.13 Å². The van der Waals surface area contributed by atoms with Gasteiger partial charge in [-0.15, -0.1) is 11.3 Å². The van der Waals surface area contributed by atoms with Gasteiger partial charge < -0.3 is 5.11 Å². The number of aliphatic hydroxyl groups excluding tert-OH is 1. The highest BCUT2D eigenvalue weighted by Crippen LogP contribution is 2.30. The van der Waals surface area contributed by atoms with E-state index in [0.717, 1.165) is 28.9 Å². The molecule has 5 nitrogen and oxygen atoms in total. The lowest BCUT2D eigenvalue weighted by Crippen LogP contribution is -2.14. The number of sulfonamides is 1. The van der Waals surface area contributed by atoms with Crippen LogP contribution in [0, 0.1) is 6.92 Å². The summed E-state index contributed by atoms with van der Waals surface area (Å²) in [7, 11) is -3.82. The van der Waals surface area contributed by atoms with Crippen LogP contribution < -0.4 is 4.72 Å². The van der Waals surface area contributed by atoms with E-state index in [9.17, 15) is 13.5 Å². The van der Waals surface area contributed by atoms with Crippen molar-refractivity contribution in [2.24, 2.45) is 0 Å². The molecular formula is C19H19ClN2O3S2. The van der Waals surface area contributed by atoms with Crippen LogP contribution in [0.3, 0.4) is 0 Å². The molecule has 0 aliphatic carbocycles. The van der Waals surface area contributed by atoms with E-state index < -0.39 is 16.1 Å². The molecule has 0 unspecified atom stereocenters. The molecule has 0 amide bonds. The first-order valence-corrected chi connectivity index (χ1v) is 11.1. The predicted octanol–water partition coefficient (Wildman–Crippen LogP) is 4.55. The first-order valence-electron chi connectivity index (χ1n) is 8.32. The highest BCUT2D eigenvalue weighted by molar-refractivity contribution is 7.93. The van der Waals surface area contributed by atoms with Crippen molar-refractivity contribution in [3.05, 3.63) is 75.3 Å². The lowest BCUT2D eigenvalue weighted by atomic mass is 9.99. The number of aromatic nitrogens is 1. The van der Waals surface area contributed by atoms with Crippen molar-refractivity contribution in [3.8, 4) is 0 Å². The van der Waals surface area contributed by atoms with Crippen molar-refractivity contribution in [1.82, 2.24) is 4.98 Å². The van der Waals surface area contributed by atoms with E-state index in [0.29, 0.717) is 16.3 Å². The number of aliphatic hydroxyl groups is 1. The second-order valence-electron chi connectivity index (χ2n) is 6.00. The molecule has 2 aromatic carbocycles. The summed E-state index contributed by atoms with van der Waals surface area (Å²) in [6, 6.07) is 12.3. The molecule has 2 N–H and O–H groups in total. The maximum atomic E-state index is 12.7. The second kappa shape index (κ2) is 7.98. The van der Waals surface area contributed by atoms with Crippen LogP contribution in [0.15, 0.2) is 52.7 Å². The summed E-state index contributed by atoms with van der Waals surface area (Å²) < 4.78 is 27.8. The van der Waals surface area contributed by atoms with Gasteiger partial charge in [0.25, 0.3) is 10.0 Å². The van der Waals surface area contributed by atoms with E-state index in [4.69, 9.17) is 11.6 Å². The molecule has 0 fully saturated rings. The zero-order valence-electron chi connectivity index (χ0n) is 14.8. The van der Waals surface area contributed by atoms with Crippen LogP contribution in [-0.2, 0) is 16.4 Å². The van der Waals surface area contributed by atoms with Gasteiger partial charge >= 0.3 is 0 Å². The minimum absolute atomic E-state index is 0.101. The number of hydrogen-bond donors (Lipinski definition) is 2. The largest absolute Gasteiger partial charge is 0.382 e. The maximum Gasteiger partial charge on any atom is 0.263 e. The minimum atomic E-state index is -3.82. The zero-order chi connectivity index (χ0) is 19.6. The number of thiazole rings is 1. The molecule has 27 heavy (non-hydrogen) atoms. The minimum Gasteiger partial charge on any atom is -0.382 e. The lowest BCUT2D eigenvalue weighted by Gasteiger charge is -2.13. The summed E-state index contributed by atoms with van der Waals surface area (Å²) in [5, 5.41) is 12.9. The van der Waals surface area contributed by atoms with E-state index >= 15 is 0 Å². The molecule has 1 heterocycles. The van der Waals surface area contributed by atoms with E-state index in [1.165, 1.54) is 6.07 Å². The Hall–Kier alpha value is -1.93. The average Bonchev–Trinajstić information content (AvgIpc) is 3.10. The van der Waals surface area contributed by atoms with Gasteiger partial charge in [-0.1, -0.05) is 48.9 Å². The Morgan fingerprint density at radius 2 is 1.96 bits per heavy atom. The van der Waals surface area contributed by atoms with Crippen LogP contribution in [0.2, 0.25) is 5.02 Å². The number of anilines is 1. The fourth-order valence-electron chi connectivity index (χ4n) is 2.79. The monoisotopic (exact) mass is 422 g/mol. The standard InChI is InChI=1S/C19H19ClN2O3S2/c1-3-13-7-4-5-8-14(13)18(23)16-11-26-19(21-16)22-27(24,25)17-10-6-9-15(20)12(17)2/h4-11,18,23H,3H2,1-2H3,(H,21,22)/t18-/m1/s1. The van der Waals surface area contributed by atoms with Gasteiger partial charge in [-0.2, -0.15) is 0 Å². The quantitative estimate of drug-likeness (QED) is 0.610. The Kier molecular flexibility index (Phi) is 5.86. The molecular weight excluding hydrogens is 404 g/mol. The Bertz CT molecular complexity index is 1060. The molecule has 0 saturated carbocycles. The van der Waals surface area contributed by atoms with Gasteiger partial charge in [-0.05, 0) is 42.2 Å². The van der Waals surface area contributed by atoms with Crippen LogP contribution in [-0.4, -0.2) is 18.5 Å². The molecule has 3 rings (SSSR count). The van der Waals surface area contributed by atoms with E-state index in [-0.39, 0.29) is 10.0 Å². The van der Waals surface area contributed by atoms with Gasteiger partial charge in [-0.25, -0.2) is 13.4 Å². The Morgan fingerprint density at radius 3 is 2.70 bits per heavy atom. The topological polar surface area (TPSA) is 79.3 Å². The van der Waals surface area contributed by atoms with Crippen molar-refractivity contribution in [2.45, 2.75) is 31.3 Å². The SMILES string of the molecule is CCc1ccccc1[C@@H](O)c1csc(NS(=O)(=O)c2cccc(Cl)c2C)n1. The highest BCUT2D eigenvalue weighted by Gasteiger charge is 2.22. The third-order valence-electron chi connectivity index (χ3n) is 4.26. The fraction of sp³-hybridized carbons (Fsp3) is 0.211. The van der Waals surface area contributed by atoms with Crippen LogP contribution in [0.5, 0.6) is 0 Å². The molecule has 1 aromatic heterocycles. The molecule has 8 heteroatoms. The number of halogens is 1. The van der Waals surface area contributed by atoms with Crippen molar-refractivity contribution in [3.63, 3.8) is 0 Å². The normalized spacial score (nSPS) is 12.7. The molecule has 142 valence electrons. The summed E-state index contributed by atoms with van der Waals surface area (Å²) >= 11 is 7.15. The number of aryl methyl sites for hydroxylation is 1. The molecule has 0 aliphatic rings. The molecule has 0 saturated heterocycles. The van der Waals surface area contributed by atoms with Gasteiger partial charge in [0.05, 0.1) is 10.6 Å². The molecule has 0 aliphatic heterocycles. The Morgan fingerprint density at radius 1 is 1.22 bits per heavy atom. The Labute approximate surface area is 167 Å². The van der Waals surface area contributed by atoms with E-state index in [1.54, 1.807) is 24.4 Å². The smallest absolute Gasteiger partial charge is 0.263 e. The van der Waals surface area contributed by atoms with Crippen LogP contribution in [0.1, 0.15) is 35.4 Å². The summed E-state index contributed by atoms with van der Waals surface area (Å²) in [6.45, 7) is 3.66. The van der Waals surface area contributed by atoms with Gasteiger partial charge in [0, 0.05) is 10.4 Å². The van der Waals surface area contributed by atoms with E-state index in [1.807, 2.05) is 31.2 Å². The average molecular weight is 423 g/mol. The fourth-order valence-corrected chi connectivity index (χ4v) is 5.27. The molecule has 0 radical (unpaired) electrons. The van der Waals surface area contributed by atoms with Gasteiger partial charge in [0.1, 0.15) is 6.10 Å². The maximum absolute atomic E-state index is 12.7. The van der Waals surface area contributed by atoms with Gasteiger partial charge in [-0.3, -0.25) is 4.72 Å².